The summed E-state index contributed by atoms with van der Waals surface area (Å²) in [6, 6.07) is 43.4. The van der Waals surface area contributed by atoms with Gasteiger partial charge in [0.25, 0.3) is 0 Å². The Morgan fingerprint density at radius 1 is 0.415 bits per heavy atom. The van der Waals surface area contributed by atoms with Crippen LogP contribution in [-0.4, -0.2) is 0 Å². The first kappa shape index (κ1) is 26.1. The van der Waals surface area contributed by atoms with Crippen LogP contribution in [0.4, 0.5) is 17.1 Å². The molecule has 2 fully saturated rings. The predicted molar refractivity (Wildman–Crippen MR) is 176 cm³/mol. The summed E-state index contributed by atoms with van der Waals surface area (Å²) in [6.07, 6.45) is 13.6. The van der Waals surface area contributed by atoms with Crippen LogP contribution in [0.25, 0.3) is 21.9 Å². The van der Waals surface area contributed by atoms with E-state index in [1.165, 1.54) is 114 Å². The highest BCUT2D eigenvalue weighted by molar-refractivity contribution is 5.97. The molecule has 0 bridgehead atoms. The van der Waals surface area contributed by atoms with Crippen LogP contribution in [0, 0.1) is 0 Å². The topological polar surface area (TPSA) is 3.24 Å². The summed E-state index contributed by atoms with van der Waals surface area (Å²) in [7, 11) is 0. The van der Waals surface area contributed by atoms with Gasteiger partial charge < -0.3 is 4.90 Å². The number of benzene rings is 5. The van der Waals surface area contributed by atoms with Crippen LogP contribution in [0.15, 0.2) is 115 Å². The lowest BCUT2D eigenvalue weighted by molar-refractivity contribution is 0.443. The van der Waals surface area contributed by atoms with E-state index in [1.54, 1.807) is 0 Å². The highest BCUT2D eigenvalue weighted by Crippen LogP contribution is 2.40. The van der Waals surface area contributed by atoms with Gasteiger partial charge in [-0.3, -0.25) is 0 Å². The molecule has 0 aromatic heterocycles. The lowest BCUT2D eigenvalue weighted by Gasteiger charge is -2.28. The second-order valence-electron chi connectivity index (χ2n) is 12.3. The molecule has 2 aliphatic carbocycles. The smallest absolute Gasteiger partial charge is 0.0462 e. The van der Waals surface area contributed by atoms with Gasteiger partial charge in [0.05, 0.1) is 0 Å². The number of nitrogens with zero attached hydrogens (tertiary/aromatic N) is 1. The summed E-state index contributed by atoms with van der Waals surface area (Å²) in [4.78, 5) is 2.43. The molecule has 5 aromatic carbocycles. The molecule has 206 valence electrons. The monoisotopic (exact) mass is 535 g/mol. The van der Waals surface area contributed by atoms with Gasteiger partial charge in [0.1, 0.15) is 0 Å². The van der Waals surface area contributed by atoms with Crippen molar-refractivity contribution in [2.24, 2.45) is 0 Å². The number of hydrogen-bond acceptors (Lipinski definition) is 1. The van der Waals surface area contributed by atoms with Gasteiger partial charge in [-0.05, 0) is 107 Å². The number of anilines is 3. The van der Waals surface area contributed by atoms with Crippen LogP contribution in [0.1, 0.15) is 87.2 Å². The fraction of sp³-hybridized carbons (Fsp3) is 0.300. The minimum Gasteiger partial charge on any atom is -0.311 e. The highest BCUT2D eigenvalue weighted by atomic mass is 15.1. The first-order valence-electron chi connectivity index (χ1n) is 15.9. The molecule has 0 saturated heterocycles. The predicted octanol–water partition coefficient (Wildman–Crippen LogP) is 12.1. The van der Waals surface area contributed by atoms with Crippen molar-refractivity contribution in [3.63, 3.8) is 0 Å². The standard InChI is InChI=1S/C40H41N/c1-3-10-30(11-4-1)32-18-24-36(25-19-32)41(37-26-20-33(21-27-37)31-12-5-2-6-13-31)38-28-22-35(23-29-38)40-17-9-15-34-14-7-8-16-39(34)40/h7-9,14-31H,1-6,10-13H2. The highest BCUT2D eigenvalue weighted by Gasteiger charge is 2.19. The summed E-state index contributed by atoms with van der Waals surface area (Å²) in [5, 5.41) is 2.59. The van der Waals surface area contributed by atoms with E-state index in [2.05, 4.69) is 120 Å². The van der Waals surface area contributed by atoms with Crippen LogP contribution in [0.5, 0.6) is 0 Å². The molecular formula is C40H41N. The Hall–Kier alpha value is -3.84. The third kappa shape index (κ3) is 5.55. The van der Waals surface area contributed by atoms with E-state index in [-0.39, 0.29) is 0 Å². The normalized spacial score (nSPS) is 16.6. The molecule has 5 aromatic rings. The average Bonchev–Trinajstić information content (AvgIpc) is 3.06. The summed E-state index contributed by atoms with van der Waals surface area (Å²) in [5.41, 5.74) is 9.21. The van der Waals surface area contributed by atoms with Gasteiger partial charge in [0, 0.05) is 17.1 Å². The zero-order chi connectivity index (χ0) is 27.4. The molecule has 0 aliphatic heterocycles. The van der Waals surface area contributed by atoms with Crippen molar-refractivity contribution < 1.29 is 0 Å². The average molecular weight is 536 g/mol. The van der Waals surface area contributed by atoms with Crippen LogP contribution < -0.4 is 4.90 Å². The SMILES string of the molecule is c1ccc2c(-c3ccc(N(c4ccc(C5CCCCC5)cc4)c4ccc(C5CCCCC5)cc4)cc3)cccc2c1. The van der Waals surface area contributed by atoms with E-state index in [4.69, 9.17) is 0 Å². The van der Waals surface area contributed by atoms with E-state index in [0.29, 0.717) is 0 Å². The Bertz CT molecular complexity index is 1500. The maximum absolute atomic E-state index is 2.43. The zero-order valence-corrected chi connectivity index (χ0v) is 24.1. The molecule has 0 atom stereocenters. The first-order chi connectivity index (χ1) is 20.3. The fourth-order valence-electron chi connectivity index (χ4n) is 7.38. The second kappa shape index (κ2) is 12.0. The van der Waals surface area contributed by atoms with Gasteiger partial charge in [-0.2, -0.15) is 0 Å². The van der Waals surface area contributed by atoms with Gasteiger partial charge >= 0.3 is 0 Å². The van der Waals surface area contributed by atoms with E-state index in [9.17, 15) is 0 Å². The second-order valence-corrected chi connectivity index (χ2v) is 12.3. The molecule has 2 aliphatic rings. The van der Waals surface area contributed by atoms with Crippen molar-refractivity contribution in [3.05, 3.63) is 126 Å². The Morgan fingerprint density at radius 3 is 1.41 bits per heavy atom. The van der Waals surface area contributed by atoms with Gasteiger partial charge in [-0.1, -0.05) is 117 Å². The Kier molecular flexibility index (Phi) is 7.60. The molecule has 41 heavy (non-hydrogen) atoms. The third-order valence-electron chi connectivity index (χ3n) is 9.68. The summed E-state index contributed by atoms with van der Waals surface area (Å²) in [6.45, 7) is 0. The molecule has 0 heterocycles. The minimum atomic E-state index is 0.723. The minimum absolute atomic E-state index is 0.723. The van der Waals surface area contributed by atoms with Gasteiger partial charge in [-0.25, -0.2) is 0 Å². The van der Waals surface area contributed by atoms with Crippen LogP contribution in [-0.2, 0) is 0 Å². The van der Waals surface area contributed by atoms with Crippen molar-refractivity contribution >= 4 is 27.8 Å². The Labute approximate surface area is 245 Å². The molecule has 0 N–H and O–H groups in total. The van der Waals surface area contributed by atoms with Crippen LogP contribution >= 0.6 is 0 Å². The van der Waals surface area contributed by atoms with Gasteiger partial charge in [-0.15, -0.1) is 0 Å². The first-order valence-corrected chi connectivity index (χ1v) is 15.9. The quantitative estimate of drug-likeness (QED) is 0.209. The zero-order valence-electron chi connectivity index (χ0n) is 24.1. The summed E-state index contributed by atoms with van der Waals surface area (Å²) in [5.74, 6) is 1.45. The van der Waals surface area contributed by atoms with E-state index >= 15 is 0 Å². The molecule has 1 heteroatoms. The maximum atomic E-state index is 2.43. The van der Waals surface area contributed by atoms with Crippen molar-refractivity contribution in [2.45, 2.75) is 76.0 Å². The fourth-order valence-corrected chi connectivity index (χ4v) is 7.38. The van der Waals surface area contributed by atoms with Gasteiger partial charge in [0.15, 0.2) is 0 Å². The summed E-state index contributed by atoms with van der Waals surface area (Å²) >= 11 is 0. The molecule has 0 radical (unpaired) electrons. The van der Waals surface area contributed by atoms with Crippen LogP contribution in [0.2, 0.25) is 0 Å². The third-order valence-corrected chi connectivity index (χ3v) is 9.68. The van der Waals surface area contributed by atoms with E-state index in [0.717, 1.165) is 11.8 Å². The van der Waals surface area contributed by atoms with E-state index in [1.807, 2.05) is 0 Å². The number of rotatable bonds is 6. The Balaban J connectivity index is 1.23. The maximum Gasteiger partial charge on any atom is 0.0462 e. The lowest BCUT2D eigenvalue weighted by atomic mass is 9.84. The van der Waals surface area contributed by atoms with E-state index < -0.39 is 0 Å². The Morgan fingerprint density at radius 2 is 0.878 bits per heavy atom. The largest absolute Gasteiger partial charge is 0.311 e. The van der Waals surface area contributed by atoms with Crippen molar-refractivity contribution in [1.82, 2.24) is 0 Å². The van der Waals surface area contributed by atoms with Crippen molar-refractivity contribution in [1.29, 1.82) is 0 Å². The van der Waals surface area contributed by atoms with Gasteiger partial charge in [0.2, 0.25) is 0 Å². The molecular weight excluding hydrogens is 494 g/mol. The van der Waals surface area contributed by atoms with Crippen LogP contribution in [0.3, 0.4) is 0 Å². The molecule has 7 rings (SSSR count). The number of hydrogen-bond donors (Lipinski definition) is 0. The molecule has 0 unspecified atom stereocenters. The number of fused-ring (bicyclic) bond motifs is 1. The molecule has 0 amide bonds. The molecule has 2 saturated carbocycles. The summed E-state index contributed by atoms with van der Waals surface area (Å²) < 4.78 is 0. The van der Waals surface area contributed by atoms with Crippen molar-refractivity contribution in [3.8, 4) is 11.1 Å². The molecule has 1 nitrogen and oxygen atoms in total. The van der Waals surface area contributed by atoms with Crippen molar-refractivity contribution in [2.75, 3.05) is 4.90 Å². The molecule has 0 spiro atoms. The lowest BCUT2D eigenvalue weighted by Crippen LogP contribution is -2.11.